The van der Waals surface area contributed by atoms with Gasteiger partial charge in [0.05, 0.1) is 19.8 Å². The van der Waals surface area contributed by atoms with Crippen LogP contribution in [0.5, 0.6) is 0 Å². The Morgan fingerprint density at radius 1 is 1.43 bits per heavy atom. The van der Waals surface area contributed by atoms with Gasteiger partial charge in [-0.3, -0.25) is 0 Å². The maximum absolute atomic E-state index is 11.7. The Morgan fingerprint density at radius 3 is 2.90 bits per heavy atom. The Hall–Kier alpha value is -1.81. The summed E-state index contributed by atoms with van der Waals surface area (Å²) in [6.45, 7) is 2.76. The van der Waals surface area contributed by atoms with Crippen LogP contribution in [0.3, 0.4) is 0 Å². The van der Waals surface area contributed by atoms with Gasteiger partial charge < -0.3 is 14.4 Å². The van der Waals surface area contributed by atoms with E-state index in [9.17, 15) is 4.79 Å². The SMILES string of the molecule is COC(=O)/C=C1/CCC[C@@]2(C)OC[C@H](c3ccccc3)N12. The fraction of sp³-hybridized carbons (Fsp3) is 0.471. The number of rotatable bonds is 2. The molecule has 2 fully saturated rings. The standard InChI is InChI=1S/C17H21NO3/c1-17-10-6-9-14(11-16(19)20-2)18(17)15(12-21-17)13-7-4-3-5-8-13/h3-5,7-8,11,15H,6,9-10,12H2,1-2H3/b14-11-/t15-,17-/m1/s1. The highest BCUT2D eigenvalue weighted by Crippen LogP contribution is 2.46. The van der Waals surface area contributed by atoms with Crippen LogP contribution in [0.4, 0.5) is 0 Å². The number of methoxy groups -OCH3 is 1. The van der Waals surface area contributed by atoms with Crippen LogP contribution in [0.1, 0.15) is 37.8 Å². The summed E-state index contributed by atoms with van der Waals surface area (Å²) in [5.41, 5.74) is 1.92. The minimum atomic E-state index is -0.321. The van der Waals surface area contributed by atoms with Crippen LogP contribution < -0.4 is 0 Å². The molecular weight excluding hydrogens is 266 g/mol. The van der Waals surface area contributed by atoms with Crippen molar-refractivity contribution in [2.45, 2.75) is 38.0 Å². The van der Waals surface area contributed by atoms with Crippen LogP contribution in [0, 0.1) is 0 Å². The fourth-order valence-corrected chi connectivity index (χ4v) is 3.40. The highest BCUT2D eigenvalue weighted by molar-refractivity contribution is 5.82. The van der Waals surface area contributed by atoms with E-state index in [0.717, 1.165) is 25.0 Å². The van der Waals surface area contributed by atoms with Crippen molar-refractivity contribution >= 4 is 5.97 Å². The molecule has 0 aliphatic carbocycles. The molecule has 2 atom stereocenters. The van der Waals surface area contributed by atoms with E-state index < -0.39 is 0 Å². The van der Waals surface area contributed by atoms with Gasteiger partial charge in [-0.2, -0.15) is 0 Å². The Labute approximate surface area is 125 Å². The smallest absolute Gasteiger partial charge is 0.332 e. The van der Waals surface area contributed by atoms with Gasteiger partial charge in [0.25, 0.3) is 0 Å². The van der Waals surface area contributed by atoms with Crippen molar-refractivity contribution in [2.24, 2.45) is 0 Å². The van der Waals surface area contributed by atoms with Gasteiger partial charge in [-0.15, -0.1) is 0 Å². The van der Waals surface area contributed by atoms with Crippen molar-refractivity contribution < 1.29 is 14.3 Å². The molecule has 4 heteroatoms. The van der Waals surface area contributed by atoms with E-state index in [1.54, 1.807) is 6.08 Å². The van der Waals surface area contributed by atoms with E-state index >= 15 is 0 Å². The lowest BCUT2D eigenvalue weighted by atomic mass is 9.94. The number of hydrogen-bond acceptors (Lipinski definition) is 4. The van der Waals surface area contributed by atoms with Crippen LogP contribution in [0.2, 0.25) is 0 Å². The zero-order valence-corrected chi connectivity index (χ0v) is 12.5. The van der Waals surface area contributed by atoms with E-state index in [2.05, 4.69) is 24.0 Å². The van der Waals surface area contributed by atoms with E-state index in [0.29, 0.717) is 6.61 Å². The normalized spacial score (nSPS) is 30.3. The van der Waals surface area contributed by atoms with Crippen molar-refractivity contribution in [1.82, 2.24) is 4.90 Å². The molecule has 2 saturated heterocycles. The summed E-state index contributed by atoms with van der Waals surface area (Å²) in [6, 6.07) is 10.5. The van der Waals surface area contributed by atoms with Crippen LogP contribution >= 0.6 is 0 Å². The molecule has 3 rings (SSSR count). The third kappa shape index (κ3) is 2.56. The second kappa shape index (κ2) is 5.53. The van der Waals surface area contributed by atoms with Gasteiger partial charge in [-0.1, -0.05) is 30.3 Å². The van der Waals surface area contributed by atoms with Gasteiger partial charge in [0.2, 0.25) is 0 Å². The molecule has 112 valence electrons. The maximum atomic E-state index is 11.7. The monoisotopic (exact) mass is 287 g/mol. The fourth-order valence-electron chi connectivity index (χ4n) is 3.40. The van der Waals surface area contributed by atoms with Gasteiger partial charge in [0.15, 0.2) is 0 Å². The lowest BCUT2D eigenvalue weighted by molar-refractivity contribution is -0.135. The number of carbonyl (C=O) groups is 1. The quantitative estimate of drug-likeness (QED) is 0.619. The number of hydrogen-bond donors (Lipinski definition) is 0. The molecule has 4 nitrogen and oxygen atoms in total. The number of allylic oxidation sites excluding steroid dienone is 1. The molecule has 2 heterocycles. The molecule has 0 radical (unpaired) electrons. The third-order valence-electron chi connectivity index (χ3n) is 4.43. The zero-order valence-electron chi connectivity index (χ0n) is 12.5. The molecule has 0 spiro atoms. The van der Waals surface area contributed by atoms with Crippen molar-refractivity contribution in [1.29, 1.82) is 0 Å². The number of esters is 1. The Bertz CT molecular complexity index is 554. The Balaban J connectivity index is 1.97. The Kier molecular flexibility index (Phi) is 3.72. The van der Waals surface area contributed by atoms with Crippen molar-refractivity contribution in [2.75, 3.05) is 13.7 Å². The van der Waals surface area contributed by atoms with E-state index in [1.807, 2.05) is 18.2 Å². The summed E-state index contributed by atoms with van der Waals surface area (Å²) in [4.78, 5) is 13.9. The lowest BCUT2D eigenvalue weighted by Gasteiger charge is -2.43. The van der Waals surface area contributed by atoms with Gasteiger partial charge in [0.1, 0.15) is 5.72 Å². The van der Waals surface area contributed by atoms with E-state index in [1.165, 1.54) is 12.7 Å². The third-order valence-corrected chi connectivity index (χ3v) is 4.43. The molecule has 0 amide bonds. The van der Waals surface area contributed by atoms with Crippen molar-refractivity contribution in [3.8, 4) is 0 Å². The number of ether oxygens (including phenoxy) is 2. The first-order valence-electron chi connectivity index (χ1n) is 7.41. The predicted molar refractivity (Wildman–Crippen MR) is 79.3 cm³/mol. The van der Waals surface area contributed by atoms with Gasteiger partial charge >= 0.3 is 5.97 Å². The summed E-state index contributed by atoms with van der Waals surface area (Å²) in [7, 11) is 1.41. The van der Waals surface area contributed by atoms with Crippen molar-refractivity contribution in [3.05, 3.63) is 47.7 Å². The first-order valence-corrected chi connectivity index (χ1v) is 7.41. The molecule has 0 unspecified atom stereocenters. The van der Waals surface area contributed by atoms with Gasteiger partial charge in [-0.05, 0) is 31.7 Å². The summed E-state index contributed by atoms with van der Waals surface area (Å²) in [5, 5.41) is 0. The maximum Gasteiger partial charge on any atom is 0.332 e. The zero-order chi connectivity index (χ0) is 14.9. The summed E-state index contributed by atoms with van der Waals surface area (Å²) in [6.07, 6.45) is 4.51. The summed E-state index contributed by atoms with van der Waals surface area (Å²) < 4.78 is 10.9. The van der Waals surface area contributed by atoms with E-state index in [4.69, 9.17) is 9.47 Å². The number of fused-ring (bicyclic) bond motifs is 1. The number of benzene rings is 1. The van der Waals surface area contributed by atoms with Crippen molar-refractivity contribution in [3.63, 3.8) is 0 Å². The van der Waals surface area contributed by atoms with Crippen LogP contribution in [0.25, 0.3) is 0 Å². The molecule has 1 aromatic rings. The van der Waals surface area contributed by atoms with Crippen LogP contribution in [-0.4, -0.2) is 30.3 Å². The molecular formula is C17H21NO3. The van der Waals surface area contributed by atoms with Crippen LogP contribution in [-0.2, 0) is 14.3 Å². The number of piperidine rings is 1. The molecule has 0 saturated carbocycles. The van der Waals surface area contributed by atoms with E-state index in [-0.39, 0.29) is 17.7 Å². The molecule has 0 bridgehead atoms. The molecule has 2 aliphatic heterocycles. The average Bonchev–Trinajstić information content (AvgIpc) is 2.86. The number of nitrogens with zero attached hydrogens (tertiary/aromatic N) is 1. The molecule has 1 aromatic carbocycles. The Morgan fingerprint density at radius 2 is 2.19 bits per heavy atom. The number of carbonyl (C=O) groups excluding carboxylic acids is 1. The summed E-state index contributed by atoms with van der Waals surface area (Å²) in [5.74, 6) is -0.298. The van der Waals surface area contributed by atoms with Gasteiger partial charge in [-0.25, -0.2) is 4.79 Å². The summed E-state index contributed by atoms with van der Waals surface area (Å²) >= 11 is 0. The predicted octanol–water partition coefficient (Wildman–Crippen LogP) is 3.02. The topological polar surface area (TPSA) is 38.8 Å². The average molecular weight is 287 g/mol. The molecule has 0 aromatic heterocycles. The minimum absolute atomic E-state index is 0.160. The second-order valence-electron chi connectivity index (χ2n) is 5.79. The first-order chi connectivity index (χ1) is 10.1. The highest BCUT2D eigenvalue weighted by atomic mass is 16.5. The van der Waals surface area contributed by atoms with Gasteiger partial charge in [0, 0.05) is 11.8 Å². The molecule has 2 aliphatic rings. The second-order valence-corrected chi connectivity index (χ2v) is 5.79. The lowest BCUT2D eigenvalue weighted by Crippen LogP contribution is -2.45. The minimum Gasteiger partial charge on any atom is -0.466 e. The highest BCUT2D eigenvalue weighted by Gasteiger charge is 2.47. The molecule has 0 N–H and O–H groups in total. The molecule has 21 heavy (non-hydrogen) atoms. The van der Waals surface area contributed by atoms with Crippen LogP contribution in [0.15, 0.2) is 42.1 Å². The largest absolute Gasteiger partial charge is 0.466 e. The first kappa shape index (κ1) is 14.1.